The minimum absolute atomic E-state index is 0.278. The van der Waals surface area contributed by atoms with Gasteiger partial charge in [-0.1, -0.05) is 17.7 Å². The van der Waals surface area contributed by atoms with Gasteiger partial charge < -0.3 is 4.74 Å². The molecule has 0 radical (unpaired) electrons. The van der Waals surface area contributed by atoms with Crippen molar-refractivity contribution in [3.63, 3.8) is 0 Å². The zero-order valence-corrected chi connectivity index (χ0v) is 12.7. The van der Waals surface area contributed by atoms with Crippen molar-refractivity contribution in [2.75, 3.05) is 6.61 Å². The number of nitrogens with one attached hydrogen (secondary N) is 2. The smallest absolute Gasteiger partial charge is 0.338 e. The number of rotatable bonds is 4. The Kier molecular flexibility index (Phi) is 5.51. The Balaban J connectivity index is 1.74. The summed E-state index contributed by atoms with van der Waals surface area (Å²) in [6.07, 6.45) is 0. The molecule has 0 aliphatic heterocycles. The molecule has 22 heavy (non-hydrogen) atoms. The number of benzene rings is 1. The Morgan fingerprint density at radius 2 is 1.82 bits per heavy atom. The topological polar surface area (TPSA) is 84.5 Å². The molecule has 0 atom stereocenters. The predicted molar refractivity (Wildman–Crippen MR) is 81.7 cm³/mol. The second-order valence-electron chi connectivity index (χ2n) is 4.06. The quantitative estimate of drug-likeness (QED) is 0.660. The van der Waals surface area contributed by atoms with E-state index in [2.05, 4.69) is 10.9 Å². The van der Waals surface area contributed by atoms with Gasteiger partial charge in [0.25, 0.3) is 11.8 Å². The Morgan fingerprint density at radius 1 is 1.09 bits per heavy atom. The third kappa shape index (κ3) is 4.57. The van der Waals surface area contributed by atoms with Crippen LogP contribution in [0.5, 0.6) is 0 Å². The van der Waals surface area contributed by atoms with Crippen molar-refractivity contribution in [3.8, 4) is 0 Å². The maximum atomic E-state index is 11.7. The van der Waals surface area contributed by atoms with Gasteiger partial charge in [-0.25, -0.2) is 4.79 Å². The van der Waals surface area contributed by atoms with Crippen LogP contribution in [0.25, 0.3) is 0 Å². The van der Waals surface area contributed by atoms with Gasteiger partial charge in [0.05, 0.1) is 10.4 Å². The van der Waals surface area contributed by atoms with Crippen LogP contribution in [0.3, 0.4) is 0 Å². The van der Waals surface area contributed by atoms with E-state index in [4.69, 9.17) is 16.3 Å². The van der Waals surface area contributed by atoms with Gasteiger partial charge in [-0.15, -0.1) is 11.3 Å². The number of thiophene rings is 1. The number of esters is 1. The van der Waals surface area contributed by atoms with E-state index in [1.54, 1.807) is 29.6 Å². The molecule has 114 valence electrons. The minimum atomic E-state index is -0.656. The monoisotopic (exact) mass is 338 g/mol. The minimum Gasteiger partial charge on any atom is -0.452 e. The van der Waals surface area contributed by atoms with Crippen molar-refractivity contribution in [1.82, 2.24) is 10.9 Å². The highest BCUT2D eigenvalue weighted by Gasteiger charge is 2.11. The molecule has 1 heterocycles. The number of hydrogen-bond donors (Lipinski definition) is 2. The number of amides is 2. The van der Waals surface area contributed by atoms with Gasteiger partial charge in [-0.2, -0.15) is 0 Å². The van der Waals surface area contributed by atoms with Gasteiger partial charge in [0.15, 0.2) is 6.61 Å². The molecular weight excluding hydrogens is 328 g/mol. The molecule has 0 saturated carbocycles. The van der Waals surface area contributed by atoms with Crippen molar-refractivity contribution in [3.05, 3.63) is 57.2 Å². The van der Waals surface area contributed by atoms with Gasteiger partial charge in [-0.3, -0.25) is 20.4 Å². The number of halogens is 1. The van der Waals surface area contributed by atoms with Crippen LogP contribution in [0.1, 0.15) is 20.0 Å². The highest BCUT2D eigenvalue weighted by molar-refractivity contribution is 7.12. The first-order valence-corrected chi connectivity index (χ1v) is 7.37. The first-order valence-electron chi connectivity index (χ1n) is 6.11. The standard InChI is InChI=1S/C14H11ClN2O4S/c15-10-5-3-9(4-6-10)14(20)21-8-12(18)16-17-13(19)11-2-1-7-22-11/h1-7H,8H2,(H,16,18)(H,17,19). The predicted octanol–water partition coefficient (Wildman–Crippen LogP) is 2.02. The number of carbonyl (C=O) groups excluding carboxylic acids is 3. The molecule has 6 nitrogen and oxygen atoms in total. The van der Waals surface area contributed by atoms with E-state index in [0.29, 0.717) is 9.90 Å². The van der Waals surface area contributed by atoms with Crippen LogP contribution >= 0.6 is 22.9 Å². The van der Waals surface area contributed by atoms with E-state index in [-0.39, 0.29) is 5.56 Å². The molecular formula is C14H11ClN2O4S. The van der Waals surface area contributed by atoms with E-state index in [9.17, 15) is 14.4 Å². The Bertz CT molecular complexity index is 671. The molecule has 0 saturated heterocycles. The van der Waals surface area contributed by atoms with Crippen molar-refractivity contribution >= 4 is 40.7 Å². The van der Waals surface area contributed by atoms with E-state index in [1.807, 2.05) is 0 Å². The third-order valence-electron chi connectivity index (χ3n) is 2.47. The molecule has 2 N–H and O–H groups in total. The summed E-state index contributed by atoms with van der Waals surface area (Å²) >= 11 is 6.94. The van der Waals surface area contributed by atoms with Crippen LogP contribution in [0.4, 0.5) is 0 Å². The average Bonchev–Trinajstić information content (AvgIpc) is 3.05. The summed E-state index contributed by atoms with van der Waals surface area (Å²) in [5.41, 5.74) is 4.65. The number of carbonyl (C=O) groups is 3. The lowest BCUT2D eigenvalue weighted by molar-refractivity contribution is -0.125. The second kappa shape index (κ2) is 7.58. The molecule has 0 bridgehead atoms. The Hall–Kier alpha value is -2.38. The molecule has 8 heteroatoms. The third-order valence-corrected chi connectivity index (χ3v) is 3.60. The van der Waals surface area contributed by atoms with Gasteiger partial charge in [0.2, 0.25) is 0 Å². The fraction of sp³-hybridized carbons (Fsp3) is 0.0714. The lowest BCUT2D eigenvalue weighted by atomic mass is 10.2. The lowest BCUT2D eigenvalue weighted by Crippen LogP contribution is -2.43. The van der Waals surface area contributed by atoms with Crippen molar-refractivity contribution in [2.45, 2.75) is 0 Å². The van der Waals surface area contributed by atoms with Gasteiger partial charge >= 0.3 is 5.97 Å². The average molecular weight is 339 g/mol. The van der Waals surface area contributed by atoms with Gasteiger partial charge in [0.1, 0.15) is 0 Å². The second-order valence-corrected chi connectivity index (χ2v) is 5.45. The summed E-state index contributed by atoms with van der Waals surface area (Å²) in [7, 11) is 0. The van der Waals surface area contributed by atoms with E-state index in [1.165, 1.54) is 23.5 Å². The number of hydrogen-bond acceptors (Lipinski definition) is 5. The lowest BCUT2D eigenvalue weighted by Gasteiger charge is -2.07. The Morgan fingerprint density at radius 3 is 2.45 bits per heavy atom. The van der Waals surface area contributed by atoms with Crippen molar-refractivity contribution < 1.29 is 19.1 Å². The molecule has 0 unspecified atom stereocenters. The molecule has 2 rings (SSSR count). The molecule has 0 spiro atoms. The fourth-order valence-corrected chi connectivity index (χ4v) is 2.18. The van der Waals surface area contributed by atoms with E-state index < -0.39 is 24.4 Å². The summed E-state index contributed by atoms with van der Waals surface area (Å²) in [6, 6.07) is 9.39. The summed E-state index contributed by atoms with van der Waals surface area (Å²) < 4.78 is 4.81. The first-order chi connectivity index (χ1) is 10.6. The molecule has 0 aliphatic carbocycles. The zero-order chi connectivity index (χ0) is 15.9. The highest BCUT2D eigenvalue weighted by atomic mass is 35.5. The molecule has 2 aromatic rings. The van der Waals surface area contributed by atoms with Gasteiger partial charge in [-0.05, 0) is 35.7 Å². The van der Waals surface area contributed by atoms with Gasteiger partial charge in [0, 0.05) is 5.02 Å². The maximum absolute atomic E-state index is 11.7. The van der Waals surface area contributed by atoms with Crippen LogP contribution in [0.15, 0.2) is 41.8 Å². The zero-order valence-electron chi connectivity index (χ0n) is 11.2. The molecule has 0 aliphatic rings. The van der Waals surface area contributed by atoms with Crippen LogP contribution in [-0.4, -0.2) is 24.4 Å². The summed E-state index contributed by atoms with van der Waals surface area (Å²) in [6.45, 7) is -0.508. The maximum Gasteiger partial charge on any atom is 0.338 e. The van der Waals surface area contributed by atoms with Crippen molar-refractivity contribution in [1.29, 1.82) is 0 Å². The van der Waals surface area contributed by atoms with Crippen LogP contribution in [0.2, 0.25) is 5.02 Å². The summed E-state index contributed by atoms with van der Waals surface area (Å²) in [5.74, 6) is -1.74. The van der Waals surface area contributed by atoms with E-state index >= 15 is 0 Å². The number of ether oxygens (including phenoxy) is 1. The summed E-state index contributed by atoms with van der Waals surface area (Å²) in [4.78, 5) is 35.2. The molecule has 1 aromatic heterocycles. The van der Waals surface area contributed by atoms with E-state index in [0.717, 1.165) is 0 Å². The van der Waals surface area contributed by atoms with Crippen LogP contribution in [0, 0.1) is 0 Å². The molecule has 2 amide bonds. The Labute approximate surface area is 135 Å². The number of hydrazine groups is 1. The van der Waals surface area contributed by atoms with Crippen molar-refractivity contribution in [2.24, 2.45) is 0 Å². The molecule has 0 fully saturated rings. The molecule has 1 aromatic carbocycles. The SMILES string of the molecule is O=C(COC(=O)c1ccc(Cl)cc1)NNC(=O)c1cccs1. The highest BCUT2D eigenvalue weighted by Crippen LogP contribution is 2.10. The fourth-order valence-electron chi connectivity index (χ4n) is 1.43. The normalized spacial score (nSPS) is 9.86. The summed E-state index contributed by atoms with van der Waals surface area (Å²) in [5, 5.41) is 2.23. The van der Waals surface area contributed by atoms with Crippen LogP contribution in [-0.2, 0) is 9.53 Å². The largest absolute Gasteiger partial charge is 0.452 e. The van der Waals surface area contributed by atoms with Crippen LogP contribution < -0.4 is 10.9 Å². The first kappa shape index (κ1) is 16.0.